The van der Waals surface area contributed by atoms with Gasteiger partial charge in [0.05, 0.1) is 11.9 Å². The molecule has 0 spiro atoms. The van der Waals surface area contributed by atoms with E-state index in [1.54, 1.807) is 6.20 Å². The lowest BCUT2D eigenvalue weighted by Crippen LogP contribution is -2.28. The highest BCUT2D eigenvalue weighted by atomic mass is 32.1. The van der Waals surface area contributed by atoms with Crippen molar-refractivity contribution in [2.24, 2.45) is 5.73 Å². The lowest BCUT2D eigenvalue weighted by Gasteiger charge is -2.24. The van der Waals surface area contributed by atoms with Gasteiger partial charge in [0.2, 0.25) is 0 Å². The van der Waals surface area contributed by atoms with Gasteiger partial charge in [0, 0.05) is 24.3 Å². The summed E-state index contributed by atoms with van der Waals surface area (Å²) in [5.41, 5.74) is 7.72. The Kier molecular flexibility index (Phi) is 2.86. The van der Waals surface area contributed by atoms with Gasteiger partial charge in [-0.05, 0) is 25.8 Å². The fraction of sp³-hybridized carbons (Fsp3) is 0.455. The molecular formula is C11H15N3S. The van der Waals surface area contributed by atoms with Gasteiger partial charge < -0.3 is 10.6 Å². The molecule has 80 valence electrons. The van der Waals surface area contributed by atoms with Crippen molar-refractivity contribution >= 4 is 22.9 Å². The standard InChI is InChI=1S/C11H15N3S/c1-2-14(8-3-4-8)10-7-13-6-5-9(10)11(12)15/h5-8H,2-4H2,1H3,(H2,12,15). The lowest BCUT2D eigenvalue weighted by atomic mass is 10.2. The third kappa shape index (κ3) is 2.09. The second-order valence-electron chi connectivity index (χ2n) is 3.77. The van der Waals surface area contributed by atoms with Gasteiger partial charge >= 0.3 is 0 Å². The van der Waals surface area contributed by atoms with Crippen LogP contribution in [0.15, 0.2) is 18.5 Å². The summed E-state index contributed by atoms with van der Waals surface area (Å²) in [7, 11) is 0. The molecule has 0 unspecified atom stereocenters. The zero-order valence-electron chi connectivity index (χ0n) is 8.81. The lowest BCUT2D eigenvalue weighted by molar-refractivity contribution is 0.822. The Morgan fingerprint density at radius 3 is 2.93 bits per heavy atom. The van der Waals surface area contributed by atoms with Crippen LogP contribution in [0.4, 0.5) is 5.69 Å². The van der Waals surface area contributed by atoms with Crippen molar-refractivity contribution in [1.82, 2.24) is 4.98 Å². The minimum atomic E-state index is 0.450. The van der Waals surface area contributed by atoms with E-state index in [1.165, 1.54) is 12.8 Å². The first-order valence-electron chi connectivity index (χ1n) is 5.24. The summed E-state index contributed by atoms with van der Waals surface area (Å²) in [5, 5.41) is 0. The van der Waals surface area contributed by atoms with E-state index in [0.717, 1.165) is 17.8 Å². The number of thiocarbonyl (C=S) groups is 1. The summed E-state index contributed by atoms with van der Waals surface area (Å²) in [5.74, 6) is 0. The molecule has 0 amide bonds. The molecule has 1 saturated carbocycles. The van der Waals surface area contributed by atoms with Gasteiger partial charge in [-0.2, -0.15) is 0 Å². The molecule has 0 radical (unpaired) electrons. The fourth-order valence-electron chi connectivity index (χ4n) is 1.83. The Morgan fingerprint density at radius 1 is 1.67 bits per heavy atom. The maximum atomic E-state index is 5.70. The zero-order valence-corrected chi connectivity index (χ0v) is 9.63. The van der Waals surface area contributed by atoms with Crippen molar-refractivity contribution in [3.8, 4) is 0 Å². The molecule has 1 heterocycles. The van der Waals surface area contributed by atoms with E-state index in [0.29, 0.717) is 11.0 Å². The van der Waals surface area contributed by atoms with Crippen LogP contribution in [0.3, 0.4) is 0 Å². The van der Waals surface area contributed by atoms with E-state index in [1.807, 2.05) is 12.3 Å². The largest absolute Gasteiger partial charge is 0.389 e. The van der Waals surface area contributed by atoms with Crippen molar-refractivity contribution in [2.45, 2.75) is 25.8 Å². The first kappa shape index (κ1) is 10.4. The summed E-state index contributed by atoms with van der Waals surface area (Å²) in [4.78, 5) is 6.94. The molecule has 0 saturated heterocycles. The Bertz CT molecular complexity index is 374. The van der Waals surface area contributed by atoms with Crippen LogP contribution in [0, 0.1) is 0 Å². The molecule has 1 aliphatic rings. The van der Waals surface area contributed by atoms with Crippen molar-refractivity contribution in [3.63, 3.8) is 0 Å². The molecule has 0 aromatic carbocycles. The molecule has 2 rings (SSSR count). The number of pyridine rings is 1. The van der Waals surface area contributed by atoms with Gasteiger partial charge in [0.15, 0.2) is 0 Å². The zero-order chi connectivity index (χ0) is 10.8. The van der Waals surface area contributed by atoms with Crippen molar-refractivity contribution < 1.29 is 0 Å². The molecule has 2 N–H and O–H groups in total. The van der Waals surface area contributed by atoms with E-state index in [4.69, 9.17) is 18.0 Å². The molecule has 3 nitrogen and oxygen atoms in total. The molecule has 1 aromatic rings. The molecular weight excluding hydrogens is 206 g/mol. The molecule has 15 heavy (non-hydrogen) atoms. The highest BCUT2D eigenvalue weighted by molar-refractivity contribution is 7.80. The minimum absolute atomic E-state index is 0.450. The van der Waals surface area contributed by atoms with Gasteiger partial charge in [-0.1, -0.05) is 12.2 Å². The Labute approximate surface area is 95.3 Å². The number of aromatic nitrogens is 1. The van der Waals surface area contributed by atoms with Crippen LogP contribution in [-0.2, 0) is 0 Å². The van der Waals surface area contributed by atoms with E-state index < -0.39 is 0 Å². The van der Waals surface area contributed by atoms with Gasteiger partial charge in [-0.25, -0.2) is 0 Å². The number of hydrogen-bond acceptors (Lipinski definition) is 3. The highest BCUT2D eigenvalue weighted by Crippen LogP contribution is 2.32. The number of anilines is 1. The predicted molar refractivity (Wildman–Crippen MR) is 66.2 cm³/mol. The third-order valence-corrected chi connectivity index (χ3v) is 2.92. The predicted octanol–water partition coefficient (Wildman–Crippen LogP) is 1.70. The average Bonchev–Trinajstić information content (AvgIpc) is 3.04. The van der Waals surface area contributed by atoms with Crippen LogP contribution in [0.5, 0.6) is 0 Å². The maximum absolute atomic E-state index is 5.70. The van der Waals surface area contributed by atoms with Gasteiger partial charge in [-0.3, -0.25) is 4.98 Å². The van der Waals surface area contributed by atoms with Crippen LogP contribution >= 0.6 is 12.2 Å². The minimum Gasteiger partial charge on any atom is -0.389 e. The summed E-state index contributed by atoms with van der Waals surface area (Å²) >= 11 is 5.05. The molecule has 0 aliphatic heterocycles. The highest BCUT2D eigenvalue weighted by Gasteiger charge is 2.29. The van der Waals surface area contributed by atoms with Crippen LogP contribution in [0.1, 0.15) is 25.3 Å². The molecule has 4 heteroatoms. The van der Waals surface area contributed by atoms with E-state index in [2.05, 4.69) is 16.8 Å². The van der Waals surface area contributed by atoms with Gasteiger partial charge in [-0.15, -0.1) is 0 Å². The molecule has 1 fully saturated rings. The Balaban J connectivity index is 2.36. The first-order valence-corrected chi connectivity index (χ1v) is 5.65. The van der Waals surface area contributed by atoms with Gasteiger partial charge in [0.1, 0.15) is 4.99 Å². The van der Waals surface area contributed by atoms with E-state index in [9.17, 15) is 0 Å². The fourth-order valence-corrected chi connectivity index (χ4v) is 2.01. The van der Waals surface area contributed by atoms with Crippen LogP contribution < -0.4 is 10.6 Å². The number of nitrogens with zero attached hydrogens (tertiary/aromatic N) is 2. The Morgan fingerprint density at radius 2 is 2.40 bits per heavy atom. The van der Waals surface area contributed by atoms with Crippen LogP contribution in [0.2, 0.25) is 0 Å². The second-order valence-corrected chi connectivity index (χ2v) is 4.21. The van der Waals surface area contributed by atoms with E-state index in [-0.39, 0.29) is 0 Å². The molecule has 0 bridgehead atoms. The second kappa shape index (κ2) is 4.14. The monoisotopic (exact) mass is 221 g/mol. The van der Waals surface area contributed by atoms with Gasteiger partial charge in [0.25, 0.3) is 0 Å². The summed E-state index contributed by atoms with van der Waals surface area (Å²) in [6.45, 7) is 3.13. The maximum Gasteiger partial charge on any atom is 0.106 e. The van der Waals surface area contributed by atoms with Crippen molar-refractivity contribution in [1.29, 1.82) is 0 Å². The molecule has 1 aromatic heterocycles. The first-order chi connectivity index (χ1) is 7.24. The molecule has 0 atom stereocenters. The SMILES string of the molecule is CCN(c1cnccc1C(N)=S)C1CC1. The quantitative estimate of drug-likeness (QED) is 0.786. The summed E-state index contributed by atoms with van der Waals surface area (Å²) in [6, 6.07) is 2.55. The number of nitrogens with two attached hydrogens (primary N) is 1. The average molecular weight is 221 g/mol. The Hall–Kier alpha value is -1.16. The number of rotatable bonds is 4. The van der Waals surface area contributed by atoms with Crippen LogP contribution in [0.25, 0.3) is 0 Å². The normalized spacial score (nSPS) is 15.0. The van der Waals surface area contributed by atoms with E-state index >= 15 is 0 Å². The summed E-state index contributed by atoms with van der Waals surface area (Å²) < 4.78 is 0. The topological polar surface area (TPSA) is 42.2 Å². The molecule has 1 aliphatic carbocycles. The number of hydrogen-bond donors (Lipinski definition) is 1. The van der Waals surface area contributed by atoms with Crippen molar-refractivity contribution in [3.05, 3.63) is 24.0 Å². The summed E-state index contributed by atoms with van der Waals surface area (Å²) in [6.07, 6.45) is 6.12. The smallest absolute Gasteiger partial charge is 0.106 e. The van der Waals surface area contributed by atoms with Crippen molar-refractivity contribution in [2.75, 3.05) is 11.4 Å². The third-order valence-electron chi connectivity index (χ3n) is 2.70. The van der Waals surface area contributed by atoms with Crippen LogP contribution in [-0.4, -0.2) is 22.6 Å².